The van der Waals surface area contributed by atoms with Crippen LogP contribution < -0.4 is 5.32 Å². The van der Waals surface area contributed by atoms with Crippen molar-refractivity contribution in [1.82, 2.24) is 14.9 Å². The largest absolute Gasteiger partial charge is 0.355 e. The van der Waals surface area contributed by atoms with E-state index in [1.807, 2.05) is 38.6 Å². The number of carbonyl (C=O) groups is 1. The van der Waals surface area contributed by atoms with Crippen molar-refractivity contribution in [2.45, 2.75) is 27.2 Å². The van der Waals surface area contributed by atoms with Crippen LogP contribution >= 0.6 is 0 Å². The number of nitrogens with one attached hydrogen (secondary N) is 1. The van der Waals surface area contributed by atoms with Crippen molar-refractivity contribution in [3.63, 3.8) is 0 Å². The molecule has 0 aliphatic heterocycles. The molecule has 0 atom stereocenters. The van der Waals surface area contributed by atoms with Gasteiger partial charge < -0.3 is 9.88 Å². The van der Waals surface area contributed by atoms with Gasteiger partial charge in [-0.15, -0.1) is 0 Å². The first-order chi connectivity index (χ1) is 6.89. The summed E-state index contributed by atoms with van der Waals surface area (Å²) in [7, 11) is 1.93. The summed E-state index contributed by atoms with van der Waals surface area (Å²) in [5.74, 6) is 0.0819. The van der Waals surface area contributed by atoms with Crippen LogP contribution in [0.1, 0.15) is 26.5 Å². The molecular weight excluding hydrogens is 190 g/mol. The van der Waals surface area contributed by atoms with Crippen molar-refractivity contribution < 1.29 is 4.79 Å². The molecule has 1 aromatic rings. The second-order valence-electron chi connectivity index (χ2n) is 4.79. The Morgan fingerprint density at radius 2 is 2.20 bits per heavy atom. The molecule has 1 rings (SSSR count). The number of aromatic nitrogens is 2. The molecule has 15 heavy (non-hydrogen) atoms. The van der Waals surface area contributed by atoms with Crippen molar-refractivity contribution in [1.29, 1.82) is 0 Å². The predicted molar refractivity (Wildman–Crippen MR) is 59.4 cm³/mol. The quantitative estimate of drug-likeness (QED) is 0.811. The van der Waals surface area contributed by atoms with E-state index in [-0.39, 0.29) is 11.3 Å². The highest BCUT2D eigenvalue weighted by atomic mass is 16.2. The van der Waals surface area contributed by atoms with Gasteiger partial charge in [-0.25, -0.2) is 4.98 Å². The molecule has 0 bridgehead atoms. The van der Waals surface area contributed by atoms with Gasteiger partial charge in [0.15, 0.2) is 0 Å². The Morgan fingerprint density at radius 3 is 2.67 bits per heavy atom. The molecule has 0 aliphatic rings. The van der Waals surface area contributed by atoms with Crippen LogP contribution in [-0.4, -0.2) is 22.0 Å². The number of rotatable bonds is 3. The molecule has 0 saturated carbocycles. The van der Waals surface area contributed by atoms with Gasteiger partial charge in [-0.2, -0.15) is 0 Å². The average Bonchev–Trinajstić information content (AvgIpc) is 2.49. The lowest BCUT2D eigenvalue weighted by Gasteiger charge is -2.17. The Morgan fingerprint density at radius 1 is 1.53 bits per heavy atom. The van der Waals surface area contributed by atoms with E-state index in [4.69, 9.17) is 0 Å². The van der Waals surface area contributed by atoms with Crippen molar-refractivity contribution in [3.05, 3.63) is 18.2 Å². The summed E-state index contributed by atoms with van der Waals surface area (Å²) in [6.07, 6.45) is 4.51. The zero-order valence-corrected chi connectivity index (χ0v) is 9.87. The molecule has 0 aliphatic carbocycles. The molecule has 1 amide bonds. The average molecular weight is 209 g/mol. The second kappa shape index (κ2) is 4.47. The first-order valence-corrected chi connectivity index (χ1v) is 5.15. The lowest BCUT2D eigenvalue weighted by Crippen LogP contribution is -2.35. The van der Waals surface area contributed by atoms with E-state index < -0.39 is 0 Å². The molecule has 4 nitrogen and oxygen atoms in total. The van der Waals surface area contributed by atoms with Gasteiger partial charge in [0.05, 0.1) is 12.0 Å². The highest BCUT2D eigenvalue weighted by Crippen LogP contribution is 2.12. The summed E-state index contributed by atoms with van der Waals surface area (Å²) in [6, 6.07) is 0. The zero-order valence-electron chi connectivity index (χ0n) is 9.87. The van der Waals surface area contributed by atoms with E-state index in [0.717, 1.165) is 12.1 Å². The third-order valence-corrected chi connectivity index (χ3v) is 2.11. The standard InChI is InChI=1S/C11H19N3O/c1-11(2,3)10(15)12-6-5-9-7-14(4)8-13-9/h7-8H,5-6H2,1-4H3,(H,12,15). The summed E-state index contributed by atoms with van der Waals surface area (Å²) in [4.78, 5) is 15.7. The van der Waals surface area contributed by atoms with Crippen LogP contribution in [0.25, 0.3) is 0 Å². The van der Waals surface area contributed by atoms with Crippen LogP contribution in [0.2, 0.25) is 0 Å². The van der Waals surface area contributed by atoms with Crippen LogP contribution in [0.4, 0.5) is 0 Å². The summed E-state index contributed by atoms with van der Waals surface area (Å²) >= 11 is 0. The van der Waals surface area contributed by atoms with Crippen LogP contribution in [0.3, 0.4) is 0 Å². The van der Waals surface area contributed by atoms with Gasteiger partial charge in [0.1, 0.15) is 0 Å². The Kier molecular flexibility index (Phi) is 3.50. The zero-order chi connectivity index (χ0) is 11.5. The summed E-state index contributed by atoms with van der Waals surface area (Å²) in [6.45, 7) is 6.36. The van der Waals surface area contributed by atoms with Gasteiger partial charge in [0.2, 0.25) is 5.91 Å². The second-order valence-corrected chi connectivity index (χ2v) is 4.79. The number of aryl methyl sites for hydroxylation is 1. The van der Waals surface area contributed by atoms with E-state index in [2.05, 4.69) is 10.3 Å². The molecule has 1 heterocycles. The van der Waals surface area contributed by atoms with Gasteiger partial charge in [-0.05, 0) is 0 Å². The molecule has 0 saturated heterocycles. The topological polar surface area (TPSA) is 46.9 Å². The molecule has 0 fully saturated rings. The summed E-state index contributed by atoms with van der Waals surface area (Å²) in [5.41, 5.74) is 0.691. The van der Waals surface area contributed by atoms with Gasteiger partial charge in [0, 0.05) is 31.6 Å². The van der Waals surface area contributed by atoms with Gasteiger partial charge in [-0.1, -0.05) is 20.8 Å². The number of hydrogen-bond donors (Lipinski definition) is 1. The minimum Gasteiger partial charge on any atom is -0.355 e. The number of amides is 1. The minimum atomic E-state index is -0.315. The van der Waals surface area contributed by atoms with E-state index in [9.17, 15) is 4.79 Å². The molecular formula is C11H19N3O. The van der Waals surface area contributed by atoms with Crippen LogP contribution in [0.15, 0.2) is 12.5 Å². The summed E-state index contributed by atoms with van der Waals surface area (Å²) < 4.78 is 1.90. The van der Waals surface area contributed by atoms with Crippen molar-refractivity contribution in [2.75, 3.05) is 6.54 Å². The maximum absolute atomic E-state index is 11.5. The lowest BCUT2D eigenvalue weighted by atomic mass is 9.96. The fraction of sp³-hybridized carbons (Fsp3) is 0.636. The monoisotopic (exact) mass is 209 g/mol. The summed E-state index contributed by atoms with van der Waals surface area (Å²) in [5, 5.41) is 2.89. The number of nitrogens with zero attached hydrogens (tertiary/aromatic N) is 2. The molecule has 0 unspecified atom stereocenters. The maximum Gasteiger partial charge on any atom is 0.225 e. The molecule has 0 aromatic carbocycles. The highest BCUT2D eigenvalue weighted by Gasteiger charge is 2.20. The SMILES string of the molecule is Cn1cnc(CCNC(=O)C(C)(C)C)c1. The van der Waals surface area contributed by atoms with E-state index in [1.54, 1.807) is 6.33 Å². The van der Waals surface area contributed by atoms with Gasteiger partial charge in [-0.3, -0.25) is 4.79 Å². The maximum atomic E-state index is 11.5. The first-order valence-electron chi connectivity index (χ1n) is 5.15. The predicted octanol–water partition coefficient (Wildman–Crippen LogP) is 1.12. The normalized spacial score (nSPS) is 11.5. The minimum absolute atomic E-state index is 0.0819. The van der Waals surface area contributed by atoms with E-state index in [0.29, 0.717) is 6.54 Å². The van der Waals surface area contributed by atoms with E-state index >= 15 is 0 Å². The van der Waals surface area contributed by atoms with Crippen molar-refractivity contribution in [2.24, 2.45) is 12.5 Å². The molecule has 1 N–H and O–H groups in total. The Bertz CT molecular complexity index is 336. The van der Waals surface area contributed by atoms with Crippen molar-refractivity contribution >= 4 is 5.91 Å². The fourth-order valence-corrected chi connectivity index (χ4v) is 1.17. The van der Waals surface area contributed by atoms with Gasteiger partial charge in [0.25, 0.3) is 0 Å². The molecule has 84 valence electrons. The highest BCUT2D eigenvalue weighted by molar-refractivity contribution is 5.81. The first kappa shape index (κ1) is 11.8. The van der Waals surface area contributed by atoms with Crippen LogP contribution in [0.5, 0.6) is 0 Å². The smallest absolute Gasteiger partial charge is 0.225 e. The van der Waals surface area contributed by atoms with Crippen LogP contribution in [-0.2, 0) is 18.3 Å². The fourth-order valence-electron chi connectivity index (χ4n) is 1.17. The number of carbonyl (C=O) groups excluding carboxylic acids is 1. The van der Waals surface area contributed by atoms with E-state index in [1.165, 1.54) is 0 Å². The Balaban J connectivity index is 2.31. The molecule has 1 aromatic heterocycles. The molecule has 4 heteroatoms. The Labute approximate surface area is 90.7 Å². The molecule has 0 spiro atoms. The van der Waals surface area contributed by atoms with Crippen LogP contribution in [0, 0.1) is 5.41 Å². The van der Waals surface area contributed by atoms with Crippen molar-refractivity contribution in [3.8, 4) is 0 Å². The Hall–Kier alpha value is -1.32. The number of hydrogen-bond acceptors (Lipinski definition) is 2. The third kappa shape index (κ3) is 3.73. The lowest BCUT2D eigenvalue weighted by molar-refractivity contribution is -0.128. The third-order valence-electron chi connectivity index (χ3n) is 2.11. The van der Waals surface area contributed by atoms with Gasteiger partial charge >= 0.3 is 0 Å². The number of imidazole rings is 1. The molecule has 0 radical (unpaired) electrons.